The largest absolute Gasteiger partial charge is 0.332 e. The van der Waals surface area contributed by atoms with Crippen LogP contribution in [0.1, 0.15) is 27.0 Å². The first-order valence-electron chi connectivity index (χ1n) is 7.78. The highest BCUT2D eigenvalue weighted by atomic mass is 35.5. The van der Waals surface area contributed by atoms with E-state index in [1.165, 1.54) is 0 Å². The predicted molar refractivity (Wildman–Crippen MR) is 99.5 cm³/mol. The van der Waals surface area contributed by atoms with E-state index in [1.807, 2.05) is 12.1 Å². The topological polar surface area (TPSA) is 65.8 Å². The SMILES string of the molecule is Cc1nc(-c2cccc(Cl)c2)sc1C(=O)NC(C#N)c1ccc(F)cc1F. The molecule has 3 rings (SSSR count). The summed E-state index contributed by atoms with van der Waals surface area (Å²) in [5, 5.41) is 12.9. The van der Waals surface area contributed by atoms with Gasteiger partial charge in [0.25, 0.3) is 5.91 Å². The summed E-state index contributed by atoms with van der Waals surface area (Å²) >= 11 is 7.12. The number of carbonyl (C=O) groups excluding carboxylic acids is 1. The van der Waals surface area contributed by atoms with Gasteiger partial charge in [-0.2, -0.15) is 5.26 Å². The number of rotatable bonds is 4. The highest BCUT2D eigenvalue weighted by molar-refractivity contribution is 7.17. The summed E-state index contributed by atoms with van der Waals surface area (Å²) in [4.78, 5) is 17.3. The van der Waals surface area contributed by atoms with Gasteiger partial charge in [-0.1, -0.05) is 29.8 Å². The standard InChI is InChI=1S/C19H12ClF2N3OS/c1-10-17(27-19(24-10)11-3-2-4-12(20)7-11)18(26)25-16(9-23)14-6-5-13(21)8-15(14)22/h2-8,16H,1H3,(H,25,26). The number of halogens is 3. The molecular weight excluding hydrogens is 392 g/mol. The highest BCUT2D eigenvalue weighted by Gasteiger charge is 2.22. The number of nitrogens with zero attached hydrogens (tertiary/aromatic N) is 2. The third-order valence-electron chi connectivity index (χ3n) is 3.75. The van der Waals surface area contributed by atoms with Gasteiger partial charge in [-0.25, -0.2) is 13.8 Å². The van der Waals surface area contributed by atoms with E-state index < -0.39 is 23.6 Å². The Kier molecular flexibility index (Phi) is 5.49. The van der Waals surface area contributed by atoms with Gasteiger partial charge in [-0.15, -0.1) is 11.3 Å². The number of thiazole rings is 1. The van der Waals surface area contributed by atoms with Gasteiger partial charge in [0, 0.05) is 22.2 Å². The summed E-state index contributed by atoms with van der Waals surface area (Å²) in [5.41, 5.74) is 1.13. The quantitative estimate of drug-likeness (QED) is 0.663. The molecule has 1 amide bonds. The molecule has 0 spiro atoms. The molecule has 0 saturated heterocycles. The summed E-state index contributed by atoms with van der Waals surface area (Å²) < 4.78 is 27.0. The van der Waals surface area contributed by atoms with Crippen LogP contribution >= 0.6 is 22.9 Å². The van der Waals surface area contributed by atoms with Crippen LogP contribution in [0.25, 0.3) is 10.6 Å². The Hall–Kier alpha value is -2.82. The summed E-state index contributed by atoms with van der Waals surface area (Å²) in [6.07, 6.45) is 0. The van der Waals surface area contributed by atoms with Gasteiger partial charge in [-0.3, -0.25) is 4.79 Å². The number of benzene rings is 2. The number of aromatic nitrogens is 1. The van der Waals surface area contributed by atoms with Crippen molar-refractivity contribution in [3.05, 3.63) is 75.3 Å². The number of nitrogens with one attached hydrogen (secondary N) is 1. The summed E-state index contributed by atoms with van der Waals surface area (Å²) in [6.45, 7) is 1.67. The Bertz CT molecular complexity index is 1060. The Labute approximate surface area is 163 Å². The average molecular weight is 404 g/mol. The second-order valence-corrected chi connectivity index (χ2v) is 7.08. The molecule has 1 aromatic heterocycles. The third-order valence-corrected chi connectivity index (χ3v) is 5.19. The summed E-state index contributed by atoms with van der Waals surface area (Å²) in [7, 11) is 0. The number of amides is 1. The van der Waals surface area contributed by atoms with Crippen LogP contribution in [0.5, 0.6) is 0 Å². The van der Waals surface area contributed by atoms with Gasteiger partial charge in [0.15, 0.2) is 0 Å². The first-order chi connectivity index (χ1) is 12.9. The molecule has 4 nitrogen and oxygen atoms in total. The smallest absolute Gasteiger partial charge is 0.264 e. The number of hydrogen-bond donors (Lipinski definition) is 1. The zero-order valence-electron chi connectivity index (χ0n) is 14.0. The lowest BCUT2D eigenvalue weighted by molar-refractivity contribution is 0.0948. The molecule has 0 aliphatic rings. The van der Waals surface area contributed by atoms with Crippen molar-refractivity contribution in [3.63, 3.8) is 0 Å². The molecule has 1 unspecified atom stereocenters. The minimum Gasteiger partial charge on any atom is -0.332 e. The second kappa shape index (κ2) is 7.82. The zero-order valence-corrected chi connectivity index (χ0v) is 15.5. The minimum atomic E-state index is -1.26. The van der Waals surface area contributed by atoms with E-state index in [0.29, 0.717) is 26.7 Å². The van der Waals surface area contributed by atoms with Crippen LogP contribution in [0.2, 0.25) is 5.02 Å². The van der Waals surface area contributed by atoms with E-state index in [0.717, 1.165) is 29.0 Å². The normalized spacial score (nSPS) is 11.7. The van der Waals surface area contributed by atoms with E-state index in [9.17, 15) is 18.8 Å². The highest BCUT2D eigenvalue weighted by Crippen LogP contribution is 2.30. The lowest BCUT2D eigenvalue weighted by atomic mass is 10.1. The van der Waals surface area contributed by atoms with Gasteiger partial charge < -0.3 is 5.32 Å². The van der Waals surface area contributed by atoms with Crippen LogP contribution in [0.4, 0.5) is 8.78 Å². The first kappa shape index (κ1) is 19.0. The molecule has 3 aromatic rings. The van der Waals surface area contributed by atoms with Gasteiger partial charge in [0.05, 0.1) is 11.8 Å². The van der Waals surface area contributed by atoms with Crippen molar-refractivity contribution in [2.75, 3.05) is 0 Å². The maximum atomic E-state index is 13.9. The van der Waals surface area contributed by atoms with Crippen LogP contribution in [-0.2, 0) is 0 Å². The lowest BCUT2D eigenvalue weighted by Crippen LogP contribution is -2.28. The van der Waals surface area contributed by atoms with Crippen molar-refractivity contribution in [1.29, 1.82) is 5.26 Å². The minimum absolute atomic E-state index is 0.107. The van der Waals surface area contributed by atoms with Gasteiger partial charge in [-0.05, 0) is 25.1 Å². The molecule has 0 saturated carbocycles. The molecule has 0 aliphatic heterocycles. The molecule has 1 N–H and O–H groups in total. The molecular formula is C19H12ClF2N3OS. The predicted octanol–water partition coefficient (Wildman–Crippen LogP) is 5.04. The summed E-state index contributed by atoms with van der Waals surface area (Å²) in [6, 6.07) is 10.4. The molecule has 8 heteroatoms. The van der Waals surface area contributed by atoms with E-state index >= 15 is 0 Å². The number of hydrogen-bond acceptors (Lipinski definition) is 4. The van der Waals surface area contributed by atoms with Crippen molar-refractivity contribution in [2.45, 2.75) is 13.0 Å². The molecule has 0 fully saturated rings. The Morgan fingerprint density at radius 1 is 1.30 bits per heavy atom. The molecule has 0 aliphatic carbocycles. The van der Waals surface area contributed by atoms with Crippen molar-refractivity contribution >= 4 is 28.8 Å². The lowest BCUT2D eigenvalue weighted by Gasteiger charge is -2.12. The first-order valence-corrected chi connectivity index (χ1v) is 8.97. The van der Waals surface area contributed by atoms with E-state index in [2.05, 4.69) is 10.3 Å². The van der Waals surface area contributed by atoms with Crippen LogP contribution in [0.15, 0.2) is 42.5 Å². The Morgan fingerprint density at radius 2 is 2.07 bits per heavy atom. The van der Waals surface area contributed by atoms with Crippen molar-refractivity contribution in [3.8, 4) is 16.6 Å². The van der Waals surface area contributed by atoms with Crippen molar-refractivity contribution in [2.24, 2.45) is 0 Å². The number of aryl methyl sites for hydroxylation is 1. The van der Waals surface area contributed by atoms with Crippen molar-refractivity contribution in [1.82, 2.24) is 10.3 Å². The number of carbonyl (C=O) groups is 1. The van der Waals surface area contributed by atoms with E-state index in [4.69, 9.17) is 11.6 Å². The molecule has 1 atom stereocenters. The van der Waals surface area contributed by atoms with Crippen LogP contribution in [-0.4, -0.2) is 10.9 Å². The van der Waals surface area contributed by atoms with Gasteiger partial charge >= 0.3 is 0 Å². The maximum absolute atomic E-state index is 13.9. The Morgan fingerprint density at radius 3 is 2.74 bits per heavy atom. The molecule has 136 valence electrons. The van der Waals surface area contributed by atoms with Crippen LogP contribution in [0.3, 0.4) is 0 Å². The zero-order chi connectivity index (χ0) is 19.6. The van der Waals surface area contributed by atoms with Gasteiger partial charge in [0.1, 0.15) is 27.6 Å². The van der Waals surface area contributed by atoms with E-state index in [1.54, 1.807) is 25.1 Å². The fourth-order valence-electron chi connectivity index (χ4n) is 2.46. The maximum Gasteiger partial charge on any atom is 0.264 e. The molecule has 27 heavy (non-hydrogen) atoms. The fourth-order valence-corrected chi connectivity index (χ4v) is 3.62. The van der Waals surface area contributed by atoms with Gasteiger partial charge in [0.2, 0.25) is 0 Å². The Balaban J connectivity index is 1.86. The van der Waals surface area contributed by atoms with E-state index in [-0.39, 0.29) is 5.56 Å². The number of nitriles is 1. The second-order valence-electron chi connectivity index (χ2n) is 5.65. The van der Waals surface area contributed by atoms with Crippen LogP contribution < -0.4 is 5.32 Å². The molecule has 1 heterocycles. The monoisotopic (exact) mass is 403 g/mol. The molecule has 0 radical (unpaired) electrons. The summed E-state index contributed by atoms with van der Waals surface area (Å²) in [5.74, 6) is -2.22. The molecule has 0 bridgehead atoms. The van der Waals surface area contributed by atoms with Crippen LogP contribution in [0, 0.1) is 29.9 Å². The molecule has 2 aromatic carbocycles. The third kappa shape index (κ3) is 4.13. The fraction of sp³-hybridized carbons (Fsp3) is 0.105. The average Bonchev–Trinajstić information content (AvgIpc) is 3.02. The van der Waals surface area contributed by atoms with Crippen molar-refractivity contribution < 1.29 is 13.6 Å².